The van der Waals surface area contributed by atoms with Crippen LogP contribution in [0.5, 0.6) is 0 Å². The summed E-state index contributed by atoms with van der Waals surface area (Å²) in [5.74, 6) is -0.462. The number of rotatable bonds is 3. The second-order valence-electron chi connectivity index (χ2n) is 3.23. The Labute approximate surface area is 102 Å². The molecule has 86 valence electrons. The van der Waals surface area contributed by atoms with Crippen LogP contribution in [0.15, 0.2) is 29.9 Å². The highest BCUT2D eigenvalue weighted by atomic mass is 32.1. The first kappa shape index (κ1) is 11.5. The van der Waals surface area contributed by atoms with Crippen LogP contribution < -0.4 is 0 Å². The average molecular weight is 247 g/mol. The summed E-state index contributed by atoms with van der Waals surface area (Å²) in [6.07, 6.45) is 3.79. The second-order valence-corrected chi connectivity index (χ2v) is 4.18. The molecule has 2 aromatic heterocycles. The number of hydrogen-bond acceptors (Lipinski definition) is 5. The van der Waals surface area contributed by atoms with Crippen molar-refractivity contribution in [2.24, 2.45) is 0 Å². The Morgan fingerprint density at radius 1 is 1.41 bits per heavy atom. The van der Waals surface area contributed by atoms with Gasteiger partial charge in [-0.05, 0) is 17.5 Å². The topological polar surface area (TPSA) is 56.3 Å². The van der Waals surface area contributed by atoms with Gasteiger partial charge < -0.3 is 4.74 Å². The van der Waals surface area contributed by atoms with Gasteiger partial charge >= 0.3 is 5.97 Å². The summed E-state index contributed by atoms with van der Waals surface area (Å²) in [5.41, 5.74) is 1.75. The number of carbonyl (C=O) groups is 2. The summed E-state index contributed by atoms with van der Waals surface area (Å²) in [6, 6.07) is 3.50. The van der Waals surface area contributed by atoms with Gasteiger partial charge in [-0.1, -0.05) is 0 Å². The molecule has 2 heterocycles. The van der Waals surface area contributed by atoms with Crippen LogP contribution in [0.4, 0.5) is 0 Å². The van der Waals surface area contributed by atoms with Gasteiger partial charge in [0.15, 0.2) is 6.29 Å². The fraction of sp³-hybridized carbons (Fsp3) is 0.0833. The Morgan fingerprint density at radius 3 is 2.94 bits per heavy atom. The van der Waals surface area contributed by atoms with Crippen LogP contribution in [-0.4, -0.2) is 24.3 Å². The zero-order valence-corrected chi connectivity index (χ0v) is 9.86. The van der Waals surface area contributed by atoms with E-state index in [0.717, 1.165) is 11.8 Å². The molecule has 17 heavy (non-hydrogen) atoms. The Kier molecular flexibility index (Phi) is 3.30. The van der Waals surface area contributed by atoms with E-state index in [1.54, 1.807) is 23.7 Å². The van der Waals surface area contributed by atoms with Crippen molar-refractivity contribution >= 4 is 23.6 Å². The fourth-order valence-electron chi connectivity index (χ4n) is 1.54. The molecule has 0 bridgehead atoms. The second kappa shape index (κ2) is 4.88. The van der Waals surface area contributed by atoms with Crippen LogP contribution in [0.25, 0.3) is 11.1 Å². The van der Waals surface area contributed by atoms with Crippen molar-refractivity contribution in [3.05, 3.63) is 40.3 Å². The molecule has 5 heteroatoms. The van der Waals surface area contributed by atoms with E-state index in [1.807, 2.05) is 0 Å². The van der Waals surface area contributed by atoms with Gasteiger partial charge in [0.1, 0.15) is 0 Å². The van der Waals surface area contributed by atoms with Crippen LogP contribution in [0.1, 0.15) is 20.0 Å². The van der Waals surface area contributed by atoms with E-state index in [1.165, 1.54) is 24.6 Å². The van der Waals surface area contributed by atoms with Gasteiger partial charge in [-0.2, -0.15) is 0 Å². The number of carbonyl (C=O) groups excluding carboxylic acids is 2. The van der Waals surface area contributed by atoms with Crippen LogP contribution >= 0.6 is 11.3 Å². The molecule has 2 aromatic rings. The molecule has 2 rings (SSSR count). The van der Waals surface area contributed by atoms with Gasteiger partial charge in [0.05, 0.1) is 17.6 Å². The summed E-state index contributed by atoms with van der Waals surface area (Å²) < 4.78 is 4.68. The van der Waals surface area contributed by atoms with Gasteiger partial charge in [0.25, 0.3) is 0 Å². The van der Waals surface area contributed by atoms with Gasteiger partial charge in [0, 0.05) is 23.5 Å². The SMILES string of the molecule is COC(=O)c1cnccc1-c1ccsc1C=O. The number of aromatic nitrogens is 1. The zero-order valence-electron chi connectivity index (χ0n) is 9.04. The van der Waals surface area contributed by atoms with Gasteiger partial charge in [0.2, 0.25) is 0 Å². The molecule has 0 aliphatic carbocycles. The quantitative estimate of drug-likeness (QED) is 0.617. The van der Waals surface area contributed by atoms with Crippen molar-refractivity contribution in [3.8, 4) is 11.1 Å². The highest BCUT2D eigenvalue weighted by Gasteiger charge is 2.16. The molecule has 0 amide bonds. The van der Waals surface area contributed by atoms with E-state index in [2.05, 4.69) is 9.72 Å². The van der Waals surface area contributed by atoms with Crippen LogP contribution in [-0.2, 0) is 4.74 Å². The summed E-state index contributed by atoms with van der Waals surface area (Å²) in [5, 5.41) is 1.81. The number of ether oxygens (including phenoxy) is 1. The molecule has 0 N–H and O–H groups in total. The van der Waals surface area contributed by atoms with E-state index < -0.39 is 5.97 Å². The summed E-state index contributed by atoms with van der Waals surface area (Å²) in [7, 11) is 1.31. The molecule has 0 aliphatic heterocycles. The van der Waals surface area contributed by atoms with Crippen LogP contribution in [0, 0.1) is 0 Å². The van der Waals surface area contributed by atoms with Gasteiger partial charge in [-0.3, -0.25) is 9.78 Å². The molecule has 0 fully saturated rings. The monoisotopic (exact) mass is 247 g/mol. The predicted octanol–water partition coefficient (Wildman–Crippen LogP) is 2.41. The number of hydrogen-bond donors (Lipinski definition) is 0. The number of esters is 1. The molecule has 0 spiro atoms. The fourth-order valence-corrected chi connectivity index (χ4v) is 2.25. The lowest BCUT2D eigenvalue weighted by atomic mass is 10.0. The highest BCUT2D eigenvalue weighted by molar-refractivity contribution is 7.12. The van der Waals surface area contributed by atoms with E-state index in [4.69, 9.17) is 0 Å². The van der Waals surface area contributed by atoms with Crippen molar-refractivity contribution in [2.45, 2.75) is 0 Å². The first-order valence-corrected chi connectivity index (χ1v) is 5.71. The van der Waals surface area contributed by atoms with Crippen molar-refractivity contribution in [2.75, 3.05) is 7.11 Å². The normalized spacial score (nSPS) is 9.94. The lowest BCUT2D eigenvalue weighted by Crippen LogP contribution is -2.04. The number of aldehydes is 1. The zero-order chi connectivity index (χ0) is 12.3. The molecule has 0 saturated heterocycles. The minimum Gasteiger partial charge on any atom is -0.465 e. The summed E-state index contributed by atoms with van der Waals surface area (Å²) in [6.45, 7) is 0. The number of nitrogens with zero attached hydrogens (tertiary/aromatic N) is 1. The number of thiophene rings is 1. The maximum atomic E-state index is 11.6. The van der Waals surface area contributed by atoms with Crippen LogP contribution in [0.3, 0.4) is 0 Å². The lowest BCUT2D eigenvalue weighted by molar-refractivity contribution is 0.0601. The summed E-state index contributed by atoms with van der Waals surface area (Å²) >= 11 is 1.33. The van der Waals surface area contributed by atoms with Crippen molar-refractivity contribution < 1.29 is 14.3 Å². The third-order valence-electron chi connectivity index (χ3n) is 2.32. The number of pyridine rings is 1. The minimum absolute atomic E-state index is 0.358. The van der Waals surface area contributed by atoms with Gasteiger partial charge in [-0.25, -0.2) is 4.79 Å². The molecule has 0 aromatic carbocycles. The van der Waals surface area contributed by atoms with Crippen molar-refractivity contribution in [3.63, 3.8) is 0 Å². The third-order valence-corrected chi connectivity index (χ3v) is 3.16. The molecule has 4 nitrogen and oxygen atoms in total. The standard InChI is InChI=1S/C12H9NO3S/c1-16-12(15)10-6-13-4-2-8(10)9-3-5-17-11(9)7-14/h2-7H,1H3. The Hall–Kier alpha value is -2.01. The van der Waals surface area contributed by atoms with Crippen molar-refractivity contribution in [1.29, 1.82) is 0 Å². The molecule has 0 atom stereocenters. The van der Waals surface area contributed by atoms with E-state index in [0.29, 0.717) is 16.0 Å². The third kappa shape index (κ3) is 2.09. The average Bonchev–Trinajstić information content (AvgIpc) is 2.86. The maximum Gasteiger partial charge on any atom is 0.340 e. The van der Waals surface area contributed by atoms with E-state index in [-0.39, 0.29) is 0 Å². The lowest BCUT2D eigenvalue weighted by Gasteiger charge is -2.06. The number of methoxy groups -OCH3 is 1. The Bertz CT molecular complexity index is 562. The van der Waals surface area contributed by atoms with E-state index in [9.17, 15) is 9.59 Å². The van der Waals surface area contributed by atoms with Gasteiger partial charge in [-0.15, -0.1) is 11.3 Å². The molecule has 0 aliphatic rings. The largest absolute Gasteiger partial charge is 0.465 e. The first-order chi connectivity index (χ1) is 8.27. The smallest absolute Gasteiger partial charge is 0.340 e. The van der Waals surface area contributed by atoms with Crippen molar-refractivity contribution in [1.82, 2.24) is 4.98 Å². The highest BCUT2D eigenvalue weighted by Crippen LogP contribution is 2.29. The van der Waals surface area contributed by atoms with E-state index >= 15 is 0 Å². The Balaban J connectivity index is 2.59. The first-order valence-electron chi connectivity index (χ1n) is 4.83. The Morgan fingerprint density at radius 2 is 2.24 bits per heavy atom. The molecule has 0 unspecified atom stereocenters. The predicted molar refractivity (Wildman–Crippen MR) is 64.3 cm³/mol. The molecular weight excluding hydrogens is 238 g/mol. The maximum absolute atomic E-state index is 11.6. The summed E-state index contributed by atoms with van der Waals surface area (Å²) in [4.78, 5) is 27.0. The van der Waals surface area contributed by atoms with Crippen LogP contribution in [0.2, 0.25) is 0 Å². The minimum atomic E-state index is -0.462. The molecule has 0 radical (unpaired) electrons. The molecule has 0 saturated carbocycles. The molecular formula is C12H9NO3S.